The van der Waals surface area contributed by atoms with Gasteiger partial charge >= 0.3 is 0 Å². The van der Waals surface area contributed by atoms with Gasteiger partial charge in [0.05, 0.1) is 11.2 Å². The van der Waals surface area contributed by atoms with Crippen LogP contribution in [0.25, 0.3) is 10.9 Å². The average molecular weight is 303 g/mol. The molecule has 0 radical (unpaired) electrons. The van der Waals surface area contributed by atoms with E-state index in [4.69, 9.17) is 11.6 Å². The predicted molar refractivity (Wildman–Crippen MR) is 82.8 cm³/mol. The van der Waals surface area contributed by atoms with Gasteiger partial charge in [-0.1, -0.05) is 11.6 Å². The predicted octanol–water partition coefficient (Wildman–Crippen LogP) is 4.78. The Bertz CT molecular complexity index is 836. The fraction of sp³-hybridized carbons (Fsp3) is 0.0625. The highest BCUT2D eigenvalue weighted by molar-refractivity contribution is 6.31. The van der Waals surface area contributed by atoms with Gasteiger partial charge in [-0.05, 0) is 42.8 Å². The second-order valence-corrected chi connectivity index (χ2v) is 5.20. The Morgan fingerprint density at radius 1 is 1.14 bits per heavy atom. The third-order valence-corrected chi connectivity index (χ3v) is 3.49. The van der Waals surface area contributed by atoms with Gasteiger partial charge in [0, 0.05) is 28.4 Å². The summed E-state index contributed by atoms with van der Waals surface area (Å²) in [6.45, 7) is 1.64. The third-order valence-electron chi connectivity index (χ3n) is 3.26. The lowest BCUT2D eigenvalue weighted by Gasteiger charge is -2.11. The molecular weight excluding hydrogens is 291 g/mol. The molecule has 0 amide bonds. The third kappa shape index (κ3) is 2.62. The summed E-state index contributed by atoms with van der Waals surface area (Å²) in [5, 5.41) is 14.1. The number of rotatable bonds is 2. The molecule has 2 aromatic carbocycles. The number of hydrogen-bond acceptors (Lipinski definition) is 3. The highest BCUT2D eigenvalue weighted by Crippen LogP contribution is 2.31. The van der Waals surface area contributed by atoms with E-state index in [0.29, 0.717) is 21.8 Å². The molecule has 0 spiro atoms. The summed E-state index contributed by atoms with van der Waals surface area (Å²) in [6, 6.07) is 9.71. The van der Waals surface area contributed by atoms with Crippen LogP contribution >= 0.6 is 11.6 Å². The summed E-state index contributed by atoms with van der Waals surface area (Å²) in [4.78, 5) is 4.23. The zero-order valence-electron chi connectivity index (χ0n) is 11.2. The number of pyridine rings is 1. The Hall–Kier alpha value is -2.33. The number of nitrogens with zero attached hydrogens (tertiary/aromatic N) is 1. The van der Waals surface area contributed by atoms with E-state index in [1.54, 1.807) is 31.3 Å². The standard InChI is InChI=1S/C16H12ClFN2O/c1-9-6-12(18)15(8-16(9)21)20-13-4-5-19-14-7-10(17)2-3-11(13)14/h2-8,21H,1H3,(H,19,20). The fourth-order valence-corrected chi connectivity index (χ4v) is 2.30. The van der Waals surface area contributed by atoms with E-state index in [2.05, 4.69) is 10.3 Å². The topological polar surface area (TPSA) is 45.2 Å². The van der Waals surface area contributed by atoms with Crippen LogP contribution in [0.2, 0.25) is 5.02 Å². The summed E-state index contributed by atoms with van der Waals surface area (Å²) < 4.78 is 14.0. The van der Waals surface area contributed by atoms with Gasteiger partial charge in [-0.25, -0.2) is 4.39 Å². The molecule has 0 aliphatic carbocycles. The molecule has 1 heterocycles. The first-order chi connectivity index (χ1) is 10.0. The van der Waals surface area contributed by atoms with Gasteiger partial charge < -0.3 is 10.4 Å². The molecular formula is C16H12ClFN2O. The van der Waals surface area contributed by atoms with Crippen molar-refractivity contribution in [1.29, 1.82) is 0 Å². The molecule has 0 fully saturated rings. The number of aromatic nitrogens is 1. The summed E-state index contributed by atoms with van der Waals surface area (Å²) in [7, 11) is 0. The maximum absolute atomic E-state index is 14.0. The van der Waals surface area contributed by atoms with Crippen molar-refractivity contribution in [3.63, 3.8) is 0 Å². The molecule has 0 bridgehead atoms. The van der Waals surface area contributed by atoms with E-state index in [-0.39, 0.29) is 11.4 Å². The zero-order chi connectivity index (χ0) is 15.0. The van der Waals surface area contributed by atoms with E-state index in [0.717, 1.165) is 5.39 Å². The molecule has 3 nitrogen and oxygen atoms in total. The van der Waals surface area contributed by atoms with Gasteiger partial charge in [0.2, 0.25) is 0 Å². The minimum Gasteiger partial charge on any atom is -0.508 e. The van der Waals surface area contributed by atoms with E-state index >= 15 is 0 Å². The van der Waals surface area contributed by atoms with Crippen molar-refractivity contribution in [3.8, 4) is 5.75 Å². The Labute approximate surface area is 126 Å². The van der Waals surface area contributed by atoms with Crippen LogP contribution in [0.3, 0.4) is 0 Å². The number of benzene rings is 2. The lowest BCUT2D eigenvalue weighted by atomic mass is 10.1. The Morgan fingerprint density at radius 3 is 2.76 bits per heavy atom. The molecule has 3 rings (SSSR count). The van der Waals surface area contributed by atoms with Crippen molar-refractivity contribution < 1.29 is 9.50 Å². The molecule has 5 heteroatoms. The van der Waals surface area contributed by atoms with Crippen molar-refractivity contribution in [2.24, 2.45) is 0 Å². The highest BCUT2D eigenvalue weighted by atomic mass is 35.5. The number of phenolic OH excluding ortho intramolecular Hbond substituents is 1. The van der Waals surface area contributed by atoms with Crippen molar-refractivity contribution >= 4 is 33.9 Å². The van der Waals surface area contributed by atoms with E-state index < -0.39 is 5.82 Å². The van der Waals surface area contributed by atoms with Crippen LogP contribution in [-0.2, 0) is 0 Å². The monoisotopic (exact) mass is 302 g/mol. The van der Waals surface area contributed by atoms with E-state index in [1.807, 2.05) is 6.07 Å². The molecule has 0 saturated heterocycles. The summed E-state index contributed by atoms with van der Waals surface area (Å²) in [6.07, 6.45) is 1.62. The normalized spacial score (nSPS) is 10.8. The van der Waals surface area contributed by atoms with Crippen molar-refractivity contribution in [2.75, 3.05) is 5.32 Å². The Balaban J connectivity index is 2.08. The molecule has 2 N–H and O–H groups in total. The number of aryl methyl sites for hydroxylation is 1. The number of nitrogens with one attached hydrogen (secondary N) is 1. The van der Waals surface area contributed by atoms with Gasteiger partial charge in [-0.2, -0.15) is 0 Å². The first-order valence-corrected chi connectivity index (χ1v) is 6.73. The number of fused-ring (bicyclic) bond motifs is 1. The number of phenols is 1. The molecule has 0 atom stereocenters. The van der Waals surface area contributed by atoms with Crippen LogP contribution < -0.4 is 5.32 Å². The average Bonchev–Trinajstić information content (AvgIpc) is 2.44. The van der Waals surface area contributed by atoms with E-state index in [1.165, 1.54) is 12.1 Å². The van der Waals surface area contributed by atoms with Gasteiger partial charge in [0.15, 0.2) is 0 Å². The molecule has 0 unspecified atom stereocenters. The van der Waals surface area contributed by atoms with Crippen LogP contribution in [-0.4, -0.2) is 10.1 Å². The van der Waals surface area contributed by atoms with Gasteiger partial charge in [-0.15, -0.1) is 0 Å². The number of anilines is 2. The molecule has 1 aromatic heterocycles. The quantitative estimate of drug-likeness (QED) is 0.715. The first-order valence-electron chi connectivity index (χ1n) is 6.35. The van der Waals surface area contributed by atoms with Crippen molar-refractivity contribution in [3.05, 3.63) is 59.0 Å². The SMILES string of the molecule is Cc1cc(F)c(Nc2ccnc3cc(Cl)ccc23)cc1O. The Kier molecular flexibility index (Phi) is 3.39. The zero-order valence-corrected chi connectivity index (χ0v) is 11.9. The minimum absolute atomic E-state index is 0.0420. The highest BCUT2D eigenvalue weighted by Gasteiger charge is 2.09. The second-order valence-electron chi connectivity index (χ2n) is 4.76. The second kappa shape index (κ2) is 5.22. The summed E-state index contributed by atoms with van der Waals surface area (Å²) in [5.41, 5.74) is 2.10. The van der Waals surface area contributed by atoms with Crippen molar-refractivity contribution in [1.82, 2.24) is 4.98 Å². The lowest BCUT2D eigenvalue weighted by molar-refractivity contribution is 0.469. The minimum atomic E-state index is -0.427. The molecule has 0 aliphatic rings. The molecule has 21 heavy (non-hydrogen) atoms. The van der Waals surface area contributed by atoms with E-state index in [9.17, 15) is 9.50 Å². The van der Waals surface area contributed by atoms with Gasteiger partial charge in [-0.3, -0.25) is 4.98 Å². The number of aromatic hydroxyl groups is 1. The van der Waals surface area contributed by atoms with Crippen molar-refractivity contribution in [2.45, 2.75) is 6.92 Å². The summed E-state index contributed by atoms with van der Waals surface area (Å²) >= 11 is 5.94. The Morgan fingerprint density at radius 2 is 1.95 bits per heavy atom. The number of halogens is 2. The van der Waals surface area contributed by atoms with Gasteiger partial charge in [0.25, 0.3) is 0 Å². The molecule has 3 aromatic rings. The maximum atomic E-state index is 14.0. The lowest BCUT2D eigenvalue weighted by Crippen LogP contribution is -1.96. The molecule has 0 saturated carbocycles. The smallest absolute Gasteiger partial charge is 0.147 e. The molecule has 106 valence electrons. The number of hydrogen-bond donors (Lipinski definition) is 2. The van der Waals surface area contributed by atoms with Crippen LogP contribution in [0.5, 0.6) is 5.75 Å². The van der Waals surface area contributed by atoms with Gasteiger partial charge in [0.1, 0.15) is 11.6 Å². The van der Waals surface area contributed by atoms with Crippen LogP contribution in [0.1, 0.15) is 5.56 Å². The fourth-order valence-electron chi connectivity index (χ4n) is 2.13. The van der Waals surface area contributed by atoms with Crippen LogP contribution in [0, 0.1) is 12.7 Å². The first kappa shape index (κ1) is 13.6. The largest absolute Gasteiger partial charge is 0.508 e. The summed E-state index contributed by atoms with van der Waals surface area (Å²) in [5.74, 6) is -0.385. The van der Waals surface area contributed by atoms with Crippen LogP contribution in [0.4, 0.5) is 15.8 Å². The maximum Gasteiger partial charge on any atom is 0.147 e. The van der Waals surface area contributed by atoms with Crippen LogP contribution in [0.15, 0.2) is 42.6 Å². The molecule has 0 aliphatic heterocycles.